The molecule has 0 saturated carbocycles. The maximum absolute atomic E-state index is 13.6. The van der Waals surface area contributed by atoms with Crippen molar-refractivity contribution in [2.75, 3.05) is 11.5 Å². The van der Waals surface area contributed by atoms with Crippen molar-refractivity contribution in [3.63, 3.8) is 0 Å². The second-order valence-corrected chi connectivity index (χ2v) is 11.4. The van der Waals surface area contributed by atoms with E-state index >= 15 is 0 Å². The first-order valence-corrected chi connectivity index (χ1v) is 14.1. The lowest BCUT2D eigenvalue weighted by molar-refractivity contribution is -0.154. The minimum Gasteiger partial charge on any atom is -0.448 e. The molecule has 2 aliphatic rings. The van der Waals surface area contributed by atoms with Crippen LogP contribution in [0.15, 0.2) is 101 Å². The van der Waals surface area contributed by atoms with Gasteiger partial charge < -0.3 is 21.0 Å². The molecule has 2 amide bonds. The predicted octanol–water partition coefficient (Wildman–Crippen LogP) is 3.22. The smallest absolute Gasteiger partial charge is 0.372 e. The molecule has 2 aliphatic heterocycles. The summed E-state index contributed by atoms with van der Waals surface area (Å²) >= 11 is 1.38. The number of anilines is 1. The summed E-state index contributed by atoms with van der Waals surface area (Å²) in [5, 5.41) is 16.0. The number of benzene rings is 2. The average molecular weight is 563 g/mol. The van der Waals surface area contributed by atoms with Gasteiger partial charge in [0.2, 0.25) is 0 Å². The van der Waals surface area contributed by atoms with E-state index in [4.69, 9.17) is 10.5 Å². The largest absolute Gasteiger partial charge is 0.448 e. The van der Waals surface area contributed by atoms with Gasteiger partial charge in [-0.25, -0.2) is 4.79 Å². The van der Waals surface area contributed by atoms with Gasteiger partial charge in [-0.05, 0) is 21.9 Å². The summed E-state index contributed by atoms with van der Waals surface area (Å²) in [6.45, 7) is 3.82. The Hall–Kier alpha value is -4.42. The molecule has 0 spiro atoms. The predicted molar refractivity (Wildman–Crippen MR) is 149 cm³/mol. The third-order valence-corrected chi connectivity index (χ3v) is 9.21. The number of thiazole rings is 1. The molecule has 1 fully saturated rings. The second-order valence-electron chi connectivity index (χ2n) is 8.54. The van der Waals surface area contributed by atoms with Crippen molar-refractivity contribution in [2.24, 2.45) is 5.16 Å². The SMILES string of the molecule is C=CC1=C(C(=O)OC(c2ccccc2)c2ccccc2)N2C(=O)C(NC(=O)C(=NO)[s+]3ccnc3N)[C@H]2SC1. The second kappa shape index (κ2) is 11.1. The van der Waals surface area contributed by atoms with Crippen LogP contribution >= 0.6 is 22.2 Å². The number of thioether (sulfide) groups is 1. The Bertz CT molecular complexity index is 1450. The number of nitrogens with two attached hydrogens (primary N) is 1. The highest BCUT2D eigenvalue weighted by Gasteiger charge is 2.55. The number of amides is 2. The highest BCUT2D eigenvalue weighted by Crippen LogP contribution is 2.42. The molecule has 3 atom stereocenters. The van der Waals surface area contributed by atoms with E-state index in [-0.39, 0.29) is 15.9 Å². The summed E-state index contributed by atoms with van der Waals surface area (Å²) in [5.74, 6) is -1.54. The molecule has 12 heteroatoms. The van der Waals surface area contributed by atoms with Gasteiger partial charge >= 0.3 is 22.1 Å². The van der Waals surface area contributed by atoms with E-state index in [1.54, 1.807) is 0 Å². The lowest BCUT2D eigenvalue weighted by Gasteiger charge is -2.49. The molecule has 4 N–H and O–H groups in total. The maximum atomic E-state index is 13.6. The van der Waals surface area contributed by atoms with Crippen LogP contribution in [-0.4, -0.2) is 55.1 Å². The molecule has 1 saturated heterocycles. The molecule has 10 nitrogen and oxygen atoms in total. The van der Waals surface area contributed by atoms with Crippen molar-refractivity contribution in [1.29, 1.82) is 0 Å². The first kappa shape index (κ1) is 26.2. The number of carbonyl (C=O) groups excluding carboxylic acids is 3. The summed E-state index contributed by atoms with van der Waals surface area (Å²) in [5.41, 5.74) is 7.99. The van der Waals surface area contributed by atoms with E-state index in [1.165, 1.54) is 34.3 Å². The number of allylic oxidation sites excluding steroid dienone is 1. The van der Waals surface area contributed by atoms with Crippen LogP contribution in [0.25, 0.3) is 0 Å². The molecule has 1 aromatic heterocycles. The number of fused-ring (bicyclic) bond motifs is 1. The molecule has 5 rings (SSSR count). The van der Waals surface area contributed by atoms with E-state index in [1.807, 2.05) is 60.7 Å². The van der Waals surface area contributed by atoms with Crippen molar-refractivity contribution in [1.82, 2.24) is 15.2 Å². The van der Waals surface area contributed by atoms with Crippen molar-refractivity contribution in [2.45, 2.75) is 17.5 Å². The van der Waals surface area contributed by atoms with Gasteiger partial charge in [-0.15, -0.1) is 11.8 Å². The van der Waals surface area contributed by atoms with Gasteiger partial charge in [0.15, 0.2) is 11.5 Å². The molecule has 0 bridgehead atoms. The molecule has 3 heterocycles. The molecular weight excluding hydrogens is 538 g/mol. The fourth-order valence-electron chi connectivity index (χ4n) is 4.38. The molecule has 0 aliphatic carbocycles. The van der Waals surface area contributed by atoms with Gasteiger partial charge in [0.25, 0.3) is 5.91 Å². The third-order valence-electron chi connectivity index (χ3n) is 6.27. The lowest BCUT2D eigenvalue weighted by atomic mass is 10.0. The minimum absolute atomic E-state index is 0.0918. The topological polar surface area (TPSA) is 147 Å². The van der Waals surface area contributed by atoms with Gasteiger partial charge in [0, 0.05) is 5.75 Å². The highest BCUT2D eigenvalue weighted by molar-refractivity contribution is 8.00. The van der Waals surface area contributed by atoms with Crippen LogP contribution < -0.4 is 11.1 Å². The number of nitrogen functional groups attached to an aromatic ring is 1. The zero-order valence-corrected chi connectivity index (χ0v) is 22.1. The van der Waals surface area contributed by atoms with Gasteiger partial charge in [-0.3, -0.25) is 14.5 Å². The summed E-state index contributed by atoms with van der Waals surface area (Å²) < 4.78 is 6.03. The Morgan fingerprint density at radius 2 is 1.85 bits per heavy atom. The van der Waals surface area contributed by atoms with Gasteiger partial charge in [-0.1, -0.05) is 73.3 Å². The Morgan fingerprint density at radius 3 is 2.38 bits per heavy atom. The van der Waals surface area contributed by atoms with E-state index in [2.05, 4.69) is 22.0 Å². The minimum atomic E-state index is -1.11. The van der Waals surface area contributed by atoms with Crippen LogP contribution in [0.2, 0.25) is 0 Å². The first-order chi connectivity index (χ1) is 18.9. The van der Waals surface area contributed by atoms with Crippen LogP contribution in [-0.2, 0) is 19.1 Å². The van der Waals surface area contributed by atoms with Crippen molar-refractivity contribution >= 4 is 50.2 Å². The van der Waals surface area contributed by atoms with Crippen LogP contribution in [0.1, 0.15) is 17.2 Å². The quantitative estimate of drug-likeness (QED) is 0.0947. The number of hydrogen-bond acceptors (Lipinski definition) is 9. The van der Waals surface area contributed by atoms with Gasteiger partial charge in [0.05, 0.1) is 16.7 Å². The number of aromatic nitrogens is 1. The number of hydrogen-bond donors (Lipinski definition) is 3. The zero-order valence-electron chi connectivity index (χ0n) is 20.5. The highest BCUT2D eigenvalue weighted by atomic mass is 32.2. The van der Waals surface area contributed by atoms with Crippen molar-refractivity contribution < 1.29 is 24.3 Å². The van der Waals surface area contributed by atoms with E-state index in [9.17, 15) is 19.6 Å². The third kappa shape index (κ3) is 4.91. The number of oxime groups is 1. The zero-order chi connectivity index (χ0) is 27.5. The number of rotatable bonds is 8. The number of esters is 1. The Kier molecular flexibility index (Phi) is 7.48. The van der Waals surface area contributed by atoms with Crippen molar-refractivity contribution in [3.8, 4) is 0 Å². The average Bonchev–Trinajstić information content (AvgIpc) is 3.40. The van der Waals surface area contributed by atoms with Crippen LogP contribution in [0, 0.1) is 0 Å². The Balaban J connectivity index is 1.38. The number of β-lactam (4-membered cyclic amide) rings is 1. The van der Waals surface area contributed by atoms with Crippen LogP contribution in [0.3, 0.4) is 0 Å². The fourth-order valence-corrected chi connectivity index (χ4v) is 6.89. The molecule has 2 unspecified atom stereocenters. The van der Waals surface area contributed by atoms with E-state index < -0.39 is 45.8 Å². The molecule has 3 aromatic rings. The number of nitrogens with zero attached hydrogens (tertiary/aromatic N) is 3. The summed E-state index contributed by atoms with van der Waals surface area (Å²) in [4.78, 5) is 45.0. The normalized spacial score (nSPS) is 19.3. The summed E-state index contributed by atoms with van der Waals surface area (Å²) in [7, 11) is -1.11. The van der Waals surface area contributed by atoms with Gasteiger partial charge in [-0.2, -0.15) is 4.98 Å². The standard InChI is InChI=1S/C27H23N5O5S2/c1-2-16-15-38-25-19(30-22(33)23(31-36)39-14-13-29-27(39)28)24(34)32(25)20(16)26(35)37-21(17-9-5-3-6-10-17)18-11-7-4-8-12-18/h2-14,19,21,25H,1,15H2,(H3-,28,29,30,33,36)/p+1/t19?,25-,39?/m1/s1. The monoisotopic (exact) mass is 562 g/mol. The fraction of sp³-hybridized carbons (Fsp3) is 0.148. The van der Waals surface area contributed by atoms with Crippen molar-refractivity contribution in [3.05, 3.63) is 107 Å². The number of carbonyl (C=O) groups is 3. The van der Waals surface area contributed by atoms with E-state index in [0.29, 0.717) is 11.3 Å². The summed E-state index contributed by atoms with van der Waals surface area (Å²) in [6.07, 6.45) is 2.25. The number of ether oxygens (including phenoxy) is 1. The van der Waals surface area contributed by atoms with Crippen LogP contribution in [0.5, 0.6) is 0 Å². The first-order valence-electron chi connectivity index (χ1n) is 11.8. The number of nitrogens with one attached hydrogen (secondary N) is 1. The molecule has 2 aromatic carbocycles. The molecule has 198 valence electrons. The van der Waals surface area contributed by atoms with E-state index in [0.717, 1.165) is 11.1 Å². The Morgan fingerprint density at radius 1 is 1.21 bits per heavy atom. The summed E-state index contributed by atoms with van der Waals surface area (Å²) in [6, 6.07) is 17.7. The molecular formula is C27H24N5O5S2+. The molecule has 0 radical (unpaired) electrons. The van der Waals surface area contributed by atoms with Crippen LogP contribution in [0.4, 0.5) is 5.13 Å². The maximum Gasteiger partial charge on any atom is 0.372 e. The lowest BCUT2D eigenvalue weighted by Crippen LogP contribution is -2.71. The van der Waals surface area contributed by atoms with Gasteiger partial charge in [0.1, 0.15) is 17.1 Å². The molecule has 39 heavy (non-hydrogen) atoms. The Labute approximate surface area is 230 Å².